The molecule has 0 fully saturated rings. The molecule has 0 saturated carbocycles. The van der Waals surface area contributed by atoms with Crippen LogP contribution in [-0.4, -0.2) is 19.6 Å². The molecule has 134 valence electrons. The maximum atomic E-state index is 6.45. The first-order valence-electron chi connectivity index (χ1n) is 8.52. The van der Waals surface area contributed by atoms with Crippen molar-refractivity contribution in [3.63, 3.8) is 0 Å². The molecule has 0 aromatic carbocycles. The third-order valence-corrected chi connectivity index (χ3v) is 2.24. The fourth-order valence-electron chi connectivity index (χ4n) is 1.14. The van der Waals surface area contributed by atoms with E-state index in [1.54, 1.807) is 0 Å². The zero-order valence-electron chi connectivity index (χ0n) is 16.3. The summed E-state index contributed by atoms with van der Waals surface area (Å²) in [6.45, 7) is 14.5. The van der Waals surface area contributed by atoms with Crippen molar-refractivity contribution in [3.8, 4) is 0 Å². The smallest absolute Gasteiger partial charge is 0.677 e. The summed E-state index contributed by atoms with van der Waals surface area (Å²) in [5, 5.41) is 0. The van der Waals surface area contributed by atoms with Crippen LogP contribution in [0.4, 0.5) is 0 Å². The number of nitrogens with one attached hydrogen (secondary N) is 3. The minimum absolute atomic E-state index is 0. The summed E-state index contributed by atoms with van der Waals surface area (Å²) in [7, 11) is 0. The van der Waals surface area contributed by atoms with Gasteiger partial charge in [0.05, 0.1) is 0 Å². The van der Waals surface area contributed by atoms with Gasteiger partial charge in [-0.25, -0.2) is 11.6 Å². The van der Waals surface area contributed by atoms with Crippen molar-refractivity contribution in [3.05, 3.63) is 41.0 Å². The third kappa shape index (κ3) is 39.2. The summed E-state index contributed by atoms with van der Waals surface area (Å²) < 4.78 is 0. The fourth-order valence-corrected chi connectivity index (χ4v) is 1.14. The Bertz CT molecular complexity index is 240. The molecule has 0 unspecified atom stereocenters. The zero-order valence-corrected chi connectivity index (χ0v) is 18.8. The average molecular weight is 401 g/mol. The van der Waals surface area contributed by atoms with Crippen LogP contribution in [-0.2, 0) is 26.2 Å². The molecule has 0 aromatic heterocycles. The van der Waals surface area contributed by atoms with Gasteiger partial charge in [-0.1, -0.05) is 67.2 Å². The largest absolute Gasteiger partial charge is 4.00 e. The van der Waals surface area contributed by atoms with Crippen molar-refractivity contribution in [2.45, 2.75) is 73.6 Å². The molecule has 0 aromatic rings. The minimum atomic E-state index is 0. The molecular formula is C19H39N3Zr. The van der Waals surface area contributed by atoms with Crippen molar-refractivity contribution in [1.29, 1.82) is 0 Å². The summed E-state index contributed by atoms with van der Waals surface area (Å²) >= 11 is 0. The molecule has 0 spiro atoms. The van der Waals surface area contributed by atoms with Gasteiger partial charge in [0.15, 0.2) is 0 Å². The summed E-state index contributed by atoms with van der Waals surface area (Å²) in [6, 6.07) is 0. The van der Waals surface area contributed by atoms with Crippen LogP contribution in [0.2, 0.25) is 0 Å². The van der Waals surface area contributed by atoms with Gasteiger partial charge in [0, 0.05) is 0 Å². The van der Waals surface area contributed by atoms with E-state index in [-0.39, 0.29) is 26.2 Å². The van der Waals surface area contributed by atoms with E-state index >= 15 is 0 Å². The molecule has 1 rings (SSSR count). The second kappa shape index (κ2) is 24.5. The number of rotatable bonds is 4. The monoisotopic (exact) mass is 399 g/mol. The molecule has 0 amide bonds. The summed E-state index contributed by atoms with van der Waals surface area (Å²) in [6.07, 6.45) is 12.8. The van der Waals surface area contributed by atoms with Crippen LogP contribution < -0.4 is 0 Å². The molecule has 3 nitrogen and oxygen atoms in total. The Morgan fingerprint density at radius 2 is 1.26 bits per heavy atom. The Morgan fingerprint density at radius 3 is 1.43 bits per heavy atom. The van der Waals surface area contributed by atoms with Crippen LogP contribution in [0.1, 0.15) is 73.6 Å². The number of hydrogen-bond donors (Lipinski definition) is 0. The van der Waals surface area contributed by atoms with Gasteiger partial charge in [-0.3, -0.25) is 6.08 Å². The van der Waals surface area contributed by atoms with E-state index in [1.165, 1.54) is 5.57 Å². The average Bonchev–Trinajstić information content (AvgIpc) is 2.98. The Balaban J connectivity index is -0.000000118. The van der Waals surface area contributed by atoms with Gasteiger partial charge in [0.1, 0.15) is 0 Å². The minimum Gasteiger partial charge on any atom is -0.677 e. The van der Waals surface area contributed by atoms with Crippen LogP contribution in [0.5, 0.6) is 0 Å². The molecule has 1 aliphatic rings. The first kappa shape index (κ1) is 31.1. The van der Waals surface area contributed by atoms with E-state index in [9.17, 15) is 0 Å². The molecule has 0 aliphatic heterocycles. The van der Waals surface area contributed by atoms with E-state index < -0.39 is 0 Å². The van der Waals surface area contributed by atoms with Gasteiger partial charge in [0.25, 0.3) is 0 Å². The molecule has 0 heterocycles. The van der Waals surface area contributed by atoms with E-state index in [2.05, 4.69) is 39.0 Å². The van der Waals surface area contributed by atoms with E-state index in [1.807, 2.05) is 20.8 Å². The number of allylic oxidation sites excluding steroid dienone is 4. The maximum Gasteiger partial charge on any atom is 4.00 e. The summed E-state index contributed by atoms with van der Waals surface area (Å²) in [4.78, 5) is 0. The predicted molar refractivity (Wildman–Crippen MR) is 103 cm³/mol. The molecule has 4 heteroatoms. The maximum absolute atomic E-state index is 6.45. The van der Waals surface area contributed by atoms with Gasteiger partial charge in [-0.2, -0.15) is 25.7 Å². The fraction of sp³-hybridized carbons (Fsp3) is 0.789. The van der Waals surface area contributed by atoms with Gasteiger partial charge in [-0.15, -0.1) is 6.42 Å². The Morgan fingerprint density at radius 1 is 0.913 bits per heavy atom. The van der Waals surface area contributed by atoms with Gasteiger partial charge < -0.3 is 17.2 Å². The molecule has 1 aliphatic carbocycles. The second-order valence-corrected chi connectivity index (χ2v) is 6.30. The summed E-state index contributed by atoms with van der Waals surface area (Å²) in [5.41, 5.74) is 21.1. The first-order chi connectivity index (χ1) is 10.3. The van der Waals surface area contributed by atoms with Crippen LogP contribution in [0.3, 0.4) is 0 Å². The SMILES string of the molecule is CC(C)(C)CC1=[C-]CC=C1.CCC[NH-].CCC[NH-].CCC[NH-].[Zr+4]. The van der Waals surface area contributed by atoms with Gasteiger partial charge in [-0.05, 0) is 5.41 Å². The molecule has 0 atom stereocenters. The predicted octanol–water partition coefficient (Wildman–Crippen LogP) is 7.46. The van der Waals surface area contributed by atoms with E-state index in [0.29, 0.717) is 25.0 Å². The molecule has 0 saturated heterocycles. The molecular weight excluding hydrogens is 361 g/mol. The Hall–Kier alpha value is 0.243. The molecule has 0 bridgehead atoms. The summed E-state index contributed by atoms with van der Waals surface area (Å²) in [5.74, 6) is 0. The van der Waals surface area contributed by atoms with E-state index in [0.717, 1.165) is 32.1 Å². The standard InChI is InChI=1S/C10H15.3C3H8N.Zr/c1-10(2,3)8-9-6-4-5-7-9;3*1-2-3-4;/h4,6H,5,8H2,1-3H3;3*4H,2-3H2,1H3;/q4*-1;+4. The Labute approximate surface area is 165 Å². The van der Waals surface area contributed by atoms with Crippen LogP contribution in [0.25, 0.3) is 17.2 Å². The second-order valence-electron chi connectivity index (χ2n) is 6.30. The van der Waals surface area contributed by atoms with Crippen molar-refractivity contribution < 1.29 is 26.2 Å². The first-order valence-corrected chi connectivity index (χ1v) is 8.52. The van der Waals surface area contributed by atoms with Gasteiger partial charge in [0.2, 0.25) is 0 Å². The zero-order chi connectivity index (χ0) is 17.9. The van der Waals surface area contributed by atoms with Crippen LogP contribution in [0, 0.1) is 11.5 Å². The quantitative estimate of drug-likeness (QED) is 0.439. The van der Waals surface area contributed by atoms with Crippen molar-refractivity contribution in [2.24, 2.45) is 5.41 Å². The normalized spacial score (nSPS) is 11.6. The Kier molecular flexibility index (Phi) is 33.1. The van der Waals surface area contributed by atoms with Gasteiger partial charge >= 0.3 is 26.2 Å². The topological polar surface area (TPSA) is 71.4 Å². The van der Waals surface area contributed by atoms with Crippen molar-refractivity contribution in [2.75, 3.05) is 19.6 Å². The molecule has 3 N–H and O–H groups in total. The van der Waals surface area contributed by atoms with Crippen molar-refractivity contribution in [1.82, 2.24) is 0 Å². The van der Waals surface area contributed by atoms with Crippen molar-refractivity contribution >= 4 is 0 Å². The molecule has 0 radical (unpaired) electrons. The van der Waals surface area contributed by atoms with Crippen LogP contribution >= 0.6 is 0 Å². The molecule has 23 heavy (non-hydrogen) atoms. The van der Waals surface area contributed by atoms with Crippen LogP contribution in [0.15, 0.2) is 17.7 Å². The van der Waals surface area contributed by atoms with E-state index in [4.69, 9.17) is 17.2 Å². The third-order valence-electron chi connectivity index (χ3n) is 2.24. The number of hydrogen-bond acceptors (Lipinski definition) is 0.